The fraction of sp³-hybridized carbons (Fsp3) is 0.435. The van der Waals surface area contributed by atoms with Crippen LogP contribution in [0.2, 0.25) is 0 Å². The van der Waals surface area contributed by atoms with Crippen LogP contribution in [-0.2, 0) is 10.0 Å². The second-order valence-electron chi connectivity index (χ2n) is 8.13. The third-order valence-corrected chi connectivity index (χ3v) is 7.89. The molecule has 2 aromatic rings. The zero-order valence-corrected chi connectivity index (χ0v) is 18.3. The molecule has 2 fully saturated rings. The van der Waals surface area contributed by atoms with E-state index in [0.717, 1.165) is 63.0 Å². The van der Waals surface area contributed by atoms with Crippen LogP contribution in [0.4, 0.5) is 15.8 Å². The molecule has 0 radical (unpaired) electrons. The van der Waals surface area contributed by atoms with Crippen LogP contribution in [-0.4, -0.2) is 44.8 Å². The third kappa shape index (κ3) is 4.75. The number of benzene rings is 2. The number of sulfonamides is 1. The SMILES string of the molecule is O=C(Nc1ccccc1N1CCCCC1)c1ccc(F)c(S(=O)(=O)N2CCCCC2)c1. The average Bonchev–Trinajstić information content (AvgIpc) is 2.80. The van der Waals surface area contributed by atoms with E-state index < -0.39 is 26.6 Å². The van der Waals surface area contributed by atoms with Gasteiger partial charge in [-0.3, -0.25) is 4.79 Å². The highest BCUT2D eigenvalue weighted by Gasteiger charge is 2.29. The van der Waals surface area contributed by atoms with Crippen LogP contribution in [0, 0.1) is 5.82 Å². The largest absolute Gasteiger partial charge is 0.370 e. The molecule has 0 atom stereocenters. The van der Waals surface area contributed by atoms with Gasteiger partial charge in [0.1, 0.15) is 10.7 Å². The van der Waals surface area contributed by atoms with Crippen molar-refractivity contribution in [2.45, 2.75) is 43.4 Å². The Morgan fingerprint density at radius 2 is 1.52 bits per heavy atom. The van der Waals surface area contributed by atoms with Crippen LogP contribution in [0.1, 0.15) is 48.9 Å². The second-order valence-corrected chi connectivity index (χ2v) is 10.0. The summed E-state index contributed by atoms with van der Waals surface area (Å²) in [6, 6.07) is 11.1. The van der Waals surface area contributed by atoms with Gasteiger partial charge in [0.05, 0.1) is 11.4 Å². The Bertz CT molecular complexity index is 1050. The van der Waals surface area contributed by atoms with E-state index in [1.165, 1.54) is 16.8 Å². The first-order chi connectivity index (χ1) is 15.0. The second kappa shape index (κ2) is 9.36. The van der Waals surface area contributed by atoms with Gasteiger partial charge in [-0.2, -0.15) is 4.31 Å². The van der Waals surface area contributed by atoms with Crippen LogP contribution in [0.25, 0.3) is 0 Å². The van der Waals surface area contributed by atoms with E-state index >= 15 is 0 Å². The van der Waals surface area contributed by atoms with Crippen LogP contribution >= 0.6 is 0 Å². The van der Waals surface area contributed by atoms with Crippen molar-refractivity contribution in [2.24, 2.45) is 0 Å². The van der Waals surface area contributed by atoms with Crippen LogP contribution in [0.15, 0.2) is 47.4 Å². The topological polar surface area (TPSA) is 69.7 Å². The lowest BCUT2D eigenvalue weighted by molar-refractivity contribution is 0.102. The Hall–Kier alpha value is -2.45. The quantitative estimate of drug-likeness (QED) is 0.747. The number of carbonyl (C=O) groups is 1. The molecule has 8 heteroatoms. The number of para-hydroxylation sites is 2. The summed E-state index contributed by atoms with van der Waals surface area (Å²) in [7, 11) is -3.98. The van der Waals surface area contributed by atoms with Gasteiger partial charge in [-0.25, -0.2) is 12.8 Å². The Kier molecular flexibility index (Phi) is 6.57. The number of hydrogen-bond donors (Lipinski definition) is 1. The average molecular weight is 446 g/mol. The Balaban J connectivity index is 1.58. The van der Waals surface area contributed by atoms with E-state index in [2.05, 4.69) is 10.2 Å². The van der Waals surface area contributed by atoms with E-state index in [0.29, 0.717) is 18.8 Å². The fourth-order valence-electron chi connectivity index (χ4n) is 4.27. The van der Waals surface area contributed by atoms with Gasteiger partial charge in [-0.1, -0.05) is 18.6 Å². The predicted octanol–water partition coefficient (Wildman–Crippen LogP) is 4.24. The summed E-state index contributed by atoms with van der Waals surface area (Å²) < 4.78 is 41.7. The summed E-state index contributed by atoms with van der Waals surface area (Å²) in [6.07, 6.45) is 5.90. The predicted molar refractivity (Wildman–Crippen MR) is 119 cm³/mol. The molecule has 2 aliphatic heterocycles. The van der Waals surface area contributed by atoms with Gasteiger partial charge in [-0.05, 0) is 62.4 Å². The molecule has 1 amide bonds. The van der Waals surface area contributed by atoms with E-state index in [-0.39, 0.29) is 5.56 Å². The van der Waals surface area contributed by atoms with Crippen LogP contribution < -0.4 is 10.2 Å². The number of hydrogen-bond acceptors (Lipinski definition) is 4. The maximum absolute atomic E-state index is 14.5. The van der Waals surface area contributed by atoms with Crippen molar-refractivity contribution in [1.82, 2.24) is 4.31 Å². The molecule has 2 saturated heterocycles. The lowest BCUT2D eigenvalue weighted by atomic mass is 10.1. The van der Waals surface area contributed by atoms with Crippen LogP contribution in [0.5, 0.6) is 0 Å². The van der Waals surface area contributed by atoms with Crippen molar-refractivity contribution < 1.29 is 17.6 Å². The summed E-state index contributed by atoms with van der Waals surface area (Å²) >= 11 is 0. The molecule has 0 saturated carbocycles. The molecule has 0 aliphatic carbocycles. The van der Waals surface area contributed by atoms with Crippen molar-refractivity contribution in [1.29, 1.82) is 0 Å². The maximum Gasteiger partial charge on any atom is 0.255 e. The minimum atomic E-state index is -3.98. The molecule has 31 heavy (non-hydrogen) atoms. The van der Waals surface area contributed by atoms with Gasteiger partial charge >= 0.3 is 0 Å². The van der Waals surface area contributed by atoms with Crippen molar-refractivity contribution >= 4 is 27.3 Å². The molecule has 1 N–H and O–H groups in total. The zero-order chi connectivity index (χ0) is 21.8. The molecule has 4 rings (SSSR count). The fourth-order valence-corrected chi connectivity index (χ4v) is 5.88. The molecule has 2 heterocycles. The maximum atomic E-state index is 14.5. The van der Waals surface area contributed by atoms with Gasteiger partial charge in [0, 0.05) is 31.7 Å². The summed E-state index contributed by atoms with van der Waals surface area (Å²) in [5.74, 6) is -1.30. The minimum Gasteiger partial charge on any atom is -0.370 e. The first kappa shape index (κ1) is 21.8. The molecule has 2 aromatic carbocycles. The van der Waals surface area contributed by atoms with Crippen molar-refractivity contribution in [3.05, 3.63) is 53.8 Å². The number of anilines is 2. The number of amides is 1. The summed E-state index contributed by atoms with van der Waals surface area (Å²) in [5, 5.41) is 2.89. The minimum absolute atomic E-state index is 0.116. The lowest BCUT2D eigenvalue weighted by Crippen LogP contribution is -2.36. The van der Waals surface area contributed by atoms with Gasteiger partial charge in [0.2, 0.25) is 10.0 Å². The van der Waals surface area contributed by atoms with Crippen molar-refractivity contribution in [3.8, 4) is 0 Å². The molecule has 166 valence electrons. The van der Waals surface area contributed by atoms with E-state index in [9.17, 15) is 17.6 Å². The van der Waals surface area contributed by atoms with Crippen molar-refractivity contribution in [3.63, 3.8) is 0 Å². The third-order valence-electron chi connectivity index (χ3n) is 5.98. The lowest BCUT2D eigenvalue weighted by Gasteiger charge is -2.30. The highest BCUT2D eigenvalue weighted by atomic mass is 32.2. The Morgan fingerprint density at radius 1 is 0.871 bits per heavy atom. The molecule has 6 nitrogen and oxygen atoms in total. The molecule has 0 aromatic heterocycles. The number of rotatable bonds is 5. The highest BCUT2D eigenvalue weighted by Crippen LogP contribution is 2.29. The summed E-state index contributed by atoms with van der Waals surface area (Å²) in [4.78, 5) is 14.8. The molecule has 2 aliphatic rings. The number of nitrogens with zero attached hydrogens (tertiary/aromatic N) is 2. The Morgan fingerprint density at radius 3 is 2.23 bits per heavy atom. The van der Waals surface area contributed by atoms with Gasteiger partial charge < -0.3 is 10.2 Å². The number of piperidine rings is 2. The number of carbonyl (C=O) groups excluding carboxylic acids is 1. The van der Waals surface area contributed by atoms with Crippen molar-refractivity contribution in [2.75, 3.05) is 36.4 Å². The zero-order valence-electron chi connectivity index (χ0n) is 17.5. The van der Waals surface area contributed by atoms with Gasteiger partial charge in [-0.15, -0.1) is 0 Å². The summed E-state index contributed by atoms with van der Waals surface area (Å²) in [6.45, 7) is 2.62. The molecule has 0 unspecified atom stereocenters. The van der Waals surface area contributed by atoms with Crippen LogP contribution in [0.3, 0.4) is 0 Å². The molecular formula is C23H28FN3O3S. The number of nitrogens with one attached hydrogen (secondary N) is 1. The molecular weight excluding hydrogens is 417 g/mol. The summed E-state index contributed by atoms with van der Waals surface area (Å²) in [5.41, 5.74) is 1.73. The standard InChI is InChI=1S/C23H28FN3O3S/c24-19-12-11-18(17-22(19)31(29,30)27-15-7-2-8-16-27)23(28)25-20-9-3-4-10-21(20)26-13-5-1-6-14-26/h3-4,9-12,17H,1-2,5-8,13-16H2,(H,25,28). The molecule has 0 bridgehead atoms. The van der Waals surface area contributed by atoms with E-state index in [1.54, 1.807) is 0 Å². The van der Waals surface area contributed by atoms with Gasteiger partial charge in [0.15, 0.2) is 0 Å². The Labute approximate surface area is 183 Å². The number of halogens is 1. The first-order valence-electron chi connectivity index (χ1n) is 10.9. The first-order valence-corrected chi connectivity index (χ1v) is 12.4. The molecule has 0 spiro atoms. The van der Waals surface area contributed by atoms with E-state index in [1.807, 2.05) is 24.3 Å². The normalized spacial score (nSPS) is 18.0. The smallest absolute Gasteiger partial charge is 0.255 e. The van der Waals surface area contributed by atoms with E-state index in [4.69, 9.17) is 0 Å². The highest BCUT2D eigenvalue weighted by molar-refractivity contribution is 7.89. The van der Waals surface area contributed by atoms with Gasteiger partial charge in [0.25, 0.3) is 5.91 Å². The monoisotopic (exact) mass is 445 g/mol.